The van der Waals surface area contributed by atoms with Crippen LogP contribution >= 0.6 is 24.0 Å². The molecule has 7 heteroatoms. The monoisotopic (exact) mass is 379 g/mol. The maximum atomic E-state index is 12.8. The normalized spacial score (nSPS) is 19.8. The predicted molar refractivity (Wildman–Crippen MR) is 103 cm³/mol. The van der Waals surface area contributed by atoms with Gasteiger partial charge >= 0.3 is 0 Å². The molecule has 3 rings (SSSR count). The molecule has 0 N–H and O–H groups in total. The molecule has 134 valence electrons. The molecular formula is C18H21NO4S2. The minimum atomic E-state index is -0.00403. The molecule has 2 aliphatic rings. The molecule has 0 unspecified atom stereocenters. The Morgan fingerprint density at radius 1 is 1.12 bits per heavy atom. The molecule has 1 aliphatic heterocycles. The van der Waals surface area contributed by atoms with Gasteiger partial charge in [0.25, 0.3) is 5.91 Å². The van der Waals surface area contributed by atoms with Crippen LogP contribution in [-0.2, 0) is 4.79 Å². The van der Waals surface area contributed by atoms with Crippen LogP contribution in [0.15, 0.2) is 17.0 Å². The quantitative estimate of drug-likeness (QED) is 0.572. The van der Waals surface area contributed by atoms with Crippen molar-refractivity contribution in [2.45, 2.75) is 31.7 Å². The van der Waals surface area contributed by atoms with Crippen LogP contribution in [0.4, 0.5) is 0 Å². The predicted octanol–water partition coefficient (Wildman–Crippen LogP) is 3.86. The number of thiocarbonyl (C=S) groups is 1. The SMILES string of the molecule is COc1cc(C=C2SC(=S)N(C3CCCC3)C2=O)cc(OC)c1OC. The van der Waals surface area contributed by atoms with E-state index in [1.165, 1.54) is 11.8 Å². The molecule has 25 heavy (non-hydrogen) atoms. The van der Waals surface area contributed by atoms with Gasteiger partial charge < -0.3 is 14.2 Å². The fourth-order valence-electron chi connectivity index (χ4n) is 3.29. The number of methoxy groups -OCH3 is 3. The first kappa shape index (κ1) is 18.1. The Hall–Kier alpha value is -1.73. The summed E-state index contributed by atoms with van der Waals surface area (Å²) in [5, 5.41) is 0. The fraction of sp³-hybridized carbons (Fsp3) is 0.444. The number of carbonyl (C=O) groups excluding carboxylic acids is 1. The molecule has 5 nitrogen and oxygen atoms in total. The molecule has 1 aromatic rings. The van der Waals surface area contributed by atoms with Gasteiger partial charge in [0.1, 0.15) is 4.32 Å². The van der Waals surface area contributed by atoms with Crippen LogP contribution in [0.1, 0.15) is 31.2 Å². The van der Waals surface area contributed by atoms with Crippen molar-refractivity contribution in [2.75, 3.05) is 21.3 Å². The minimum absolute atomic E-state index is 0.00403. The van der Waals surface area contributed by atoms with Gasteiger partial charge in [0.15, 0.2) is 11.5 Å². The van der Waals surface area contributed by atoms with Crippen LogP contribution in [0.25, 0.3) is 6.08 Å². The van der Waals surface area contributed by atoms with Crippen LogP contribution < -0.4 is 14.2 Å². The smallest absolute Gasteiger partial charge is 0.266 e. The summed E-state index contributed by atoms with van der Waals surface area (Å²) < 4.78 is 16.7. The second-order valence-electron chi connectivity index (χ2n) is 5.95. The number of rotatable bonds is 5. The molecule has 1 saturated heterocycles. The highest BCUT2D eigenvalue weighted by molar-refractivity contribution is 8.26. The third-order valence-corrected chi connectivity index (χ3v) is 5.83. The molecule has 0 atom stereocenters. The molecule has 0 radical (unpaired) electrons. The lowest BCUT2D eigenvalue weighted by atomic mass is 10.1. The lowest BCUT2D eigenvalue weighted by Crippen LogP contribution is -2.36. The Morgan fingerprint density at radius 3 is 2.24 bits per heavy atom. The van der Waals surface area contributed by atoms with Crippen molar-refractivity contribution in [3.05, 3.63) is 22.6 Å². The molecule has 1 saturated carbocycles. The zero-order valence-electron chi connectivity index (χ0n) is 14.5. The van der Waals surface area contributed by atoms with Crippen molar-refractivity contribution in [3.63, 3.8) is 0 Å². The van der Waals surface area contributed by atoms with Crippen molar-refractivity contribution in [1.29, 1.82) is 0 Å². The van der Waals surface area contributed by atoms with E-state index in [1.807, 2.05) is 18.2 Å². The van der Waals surface area contributed by atoms with Gasteiger partial charge in [0.05, 0.1) is 26.2 Å². The Kier molecular flexibility index (Phi) is 5.54. The lowest BCUT2D eigenvalue weighted by Gasteiger charge is -2.21. The summed E-state index contributed by atoms with van der Waals surface area (Å²) in [4.78, 5) is 15.2. The van der Waals surface area contributed by atoms with Gasteiger partial charge in [-0.05, 0) is 36.6 Å². The largest absolute Gasteiger partial charge is 0.493 e. The number of nitrogens with zero attached hydrogens (tertiary/aromatic N) is 1. The van der Waals surface area contributed by atoms with E-state index in [2.05, 4.69) is 0 Å². The maximum Gasteiger partial charge on any atom is 0.266 e. The second-order valence-corrected chi connectivity index (χ2v) is 7.62. The van der Waals surface area contributed by atoms with Crippen molar-refractivity contribution in [2.24, 2.45) is 0 Å². The molecule has 1 amide bonds. The molecular weight excluding hydrogens is 358 g/mol. The summed E-state index contributed by atoms with van der Waals surface area (Å²) in [6.07, 6.45) is 6.22. The number of hydrogen-bond acceptors (Lipinski definition) is 6. The van der Waals surface area contributed by atoms with Crippen LogP contribution in [0.3, 0.4) is 0 Å². The third-order valence-electron chi connectivity index (χ3n) is 4.50. The van der Waals surface area contributed by atoms with Crippen LogP contribution in [0.5, 0.6) is 17.2 Å². The van der Waals surface area contributed by atoms with Gasteiger partial charge in [-0.1, -0.05) is 36.8 Å². The zero-order chi connectivity index (χ0) is 18.0. The molecule has 1 aromatic carbocycles. The number of thioether (sulfide) groups is 1. The minimum Gasteiger partial charge on any atom is -0.493 e. The van der Waals surface area contributed by atoms with E-state index in [-0.39, 0.29) is 11.9 Å². The fourth-order valence-corrected chi connectivity index (χ4v) is 4.69. The first-order chi connectivity index (χ1) is 12.1. The van der Waals surface area contributed by atoms with E-state index >= 15 is 0 Å². The van der Waals surface area contributed by atoms with E-state index in [9.17, 15) is 4.79 Å². The van der Waals surface area contributed by atoms with Gasteiger partial charge in [-0.25, -0.2) is 0 Å². The first-order valence-electron chi connectivity index (χ1n) is 8.16. The molecule has 0 spiro atoms. The highest BCUT2D eigenvalue weighted by Crippen LogP contribution is 2.41. The topological polar surface area (TPSA) is 48.0 Å². The third kappa shape index (κ3) is 3.48. The summed E-state index contributed by atoms with van der Waals surface area (Å²) in [6.45, 7) is 0. The standard InChI is InChI=1S/C18H21NO4S2/c1-21-13-8-11(9-14(22-2)16(13)23-3)10-15-17(20)19(18(24)25-15)12-6-4-5-7-12/h8-10,12H,4-7H2,1-3H3. The Balaban J connectivity index is 1.92. The van der Waals surface area contributed by atoms with Crippen LogP contribution in [0, 0.1) is 0 Å². The molecule has 1 heterocycles. The molecule has 2 fully saturated rings. The summed E-state index contributed by atoms with van der Waals surface area (Å²) in [6, 6.07) is 3.89. The van der Waals surface area contributed by atoms with Crippen LogP contribution in [-0.4, -0.2) is 42.5 Å². The van der Waals surface area contributed by atoms with E-state index in [1.54, 1.807) is 26.2 Å². The summed E-state index contributed by atoms with van der Waals surface area (Å²) in [7, 11) is 4.70. The average molecular weight is 380 g/mol. The Bertz CT molecular complexity index is 701. The Labute approximate surface area is 157 Å². The van der Waals surface area contributed by atoms with E-state index < -0.39 is 0 Å². The second kappa shape index (κ2) is 7.66. The average Bonchev–Trinajstić information content (AvgIpc) is 3.22. The number of benzene rings is 1. The van der Waals surface area contributed by atoms with E-state index in [0.717, 1.165) is 31.2 Å². The number of ether oxygens (including phenoxy) is 3. The first-order valence-corrected chi connectivity index (χ1v) is 9.38. The Morgan fingerprint density at radius 2 is 1.72 bits per heavy atom. The molecule has 0 bridgehead atoms. The van der Waals surface area contributed by atoms with E-state index in [4.69, 9.17) is 26.4 Å². The number of hydrogen-bond donors (Lipinski definition) is 0. The summed E-state index contributed by atoms with van der Waals surface area (Å²) in [5.74, 6) is 1.63. The summed E-state index contributed by atoms with van der Waals surface area (Å²) >= 11 is 6.80. The van der Waals surface area contributed by atoms with Crippen LogP contribution in [0.2, 0.25) is 0 Å². The van der Waals surface area contributed by atoms with Gasteiger partial charge in [-0.15, -0.1) is 0 Å². The lowest BCUT2D eigenvalue weighted by molar-refractivity contribution is -0.123. The molecule has 0 aromatic heterocycles. The zero-order valence-corrected chi connectivity index (χ0v) is 16.2. The highest BCUT2D eigenvalue weighted by Gasteiger charge is 2.38. The van der Waals surface area contributed by atoms with Gasteiger partial charge in [-0.2, -0.15) is 0 Å². The number of carbonyl (C=O) groups is 1. The van der Waals surface area contributed by atoms with Gasteiger partial charge in [0, 0.05) is 6.04 Å². The molecule has 1 aliphatic carbocycles. The van der Waals surface area contributed by atoms with E-state index in [0.29, 0.717) is 26.5 Å². The van der Waals surface area contributed by atoms with Crippen molar-refractivity contribution in [1.82, 2.24) is 4.90 Å². The highest BCUT2D eigenvalue weighted by atomic mass is 32.2. The number of amides is 1. The maximum absolute atomic E-state index is 12.8. The van der Waals surface area contributed by atoms with Gasteiger partial charge in [0.2, 0.25) is 5.75 Å². The summed E-state index contributed by atoms with van der Waals surface area (Å²) in [5.41, 5.74) is 0.807. The van der Waals surface area contributed by atoms with Gasteiger partial charge in [-0.3, -0.25) is 9.69 Å². The van der Waals surface area contributed by atoms with Crippen molar-refractivity contribution < 1.29 is 19.0 Å². The van der Waals surface area contributed by atoms with Crippen molar-refractivity contribution in [3.8, 4) is 17.2 Å². The van der Waals surface area contributed by atoms with Crippen molar-refractivity contribution >= 4 is 40.3 Å².